The first-order chi connectivity index (χ1) is 12.1. The fraction of sp³-hybridized carbons (Fsp3) is 0.263. The van der Waals surface area contributed by atoms with Crippen LogP contribution < -0.4 is 5.32 Å². The van der Waals surface area contributed by atoms with E-state index >= 15 is 0 Å². The van der Waals surface area contributed by atoms with Crippen LogP contribution in [0.3, 0.4) is 0 Å². The van der Waals surface area contributed by atoms with Gasteiger partial charge in [-0.25, -0.2) is 0 Å². The van der Waals surface area contributed by atoms with Crippen molar-refractivity contribution in [2.45, 2.75) is 0 Å². The Hall–Kier alpha value is -2.37. The smallest absolute Gasteiger partial charge is 0.242 e. The van der Waals surface area contributed by atoms with Gasteiger partial charge in [-0.2, -0.15) is 0 Å². The van der Waals surface area contributed by atoms with Gasteiger partial charge in [0, 0.05) is 34.9 Å². The highest BCUT2D eigenvalue weighted by molar-refractivity contribution is 6.31. The maximum Gasteiger partial charge on any atom is 0.242 e. The van der Waals surface area contributed by atoms with E-state index in [1.807, 2.05) is 18.2 Å². The Kier molecular flexibility index (Phi) is 5.68. The molecular weight excluding hydrogens is 340 g/mol. The van der Waals surface area contributed by atoms with Gasteiger partial charge in [-0.3, -0.25) is 9.59 Å². The zero-order valence-corrected chi connectivity index (χ0v) is 14.5. The molecule has 1 N–H and O–H groups in total. The predicted octanol–water partition coefficient (Wildman–Crippen LogP) is 2.84. The molecule has 1 saturated heterocycles. The molecule has 2 aromatic carbocycles. The van der Waals surface area contributed by atoms with Gasteiger partial charge in [-0.1, -0.05) is 41.9 Å². The quantitative estimate of drug-likeness (QED) is 0.835. The number of carbonyl (C=O) groups is 2. The van der Waals surface area contributed by atoms with E-state index < -0.39 is 0 Å². The molecule has 0 bridgehead atoms. The maximum atomic E-state index is 12.8. The Bertz CT molecular complexity index is 759. The lowest BCUT2D eigenvalue weighted by Gasteiger charge is -2.27. The first-order valence-corrected chi connectivity index (χ1v) is 8.51. The first kappa shape index (κ1) is 17.5. The highest BCUT2D eigenvalue weighted by Crippen LogP contribution is 2.23. The summed E-state index contributed by atoms with van der Waals surface area (Å²) in [6.07, 6.45) is 0. The van der Waals surface area contributed by atoms with Crippen LogP contribution in [0.5, 0.6) is 0 Å². The Morgan fingerprint density at radius 2 is 1.80 bits per heavy atom. The summed E-state index contributed by atoms with van der Waals surface area (Å²) in [6, 6.07) is 14.0. The minimum absolute atomic E-state index is 0.0173. The molecule has 1 fully saturated rings. The standard InChI is InChI=1S/C19H19ClN2O3/c20-15-6-7-17(21-13-18(23)22-8-10-25-11-9-22)16(12-15)19(24)14-4-2-1-3-5-14/h1-7,12,21H,8-11,13H2. The molecule has 25 heavy (non-hydrogen) atoms. The highest BCUT2D eigenvalue weighted by atomic mass is 35.5. The summed E-state index contributed by atoms with van der Waals surface area (Å²) < 4.78 is 5.25. The van der Waals surface area contributed by atoms with Crippen LogP contribution in [0.4, 0.5) is 5.69 Å². The first-order valence-electron chi connectivity index (χ1n) is 8.14. The molecule has 0 spiro atoms. The molecule has 0 aromatic heterocycles. The summed E-state index contributed by atoms with van der Waals surface area (Å²) in [5.74, 6) is -0.152. The van der Waals surface area contributed by atoms with Crippen LogP contribution in [0, 0.1) is 0 Å². The molecule has 1 heterocycles. The zero-order chi connectivity index (χ0) is 17.6. The maximum absolute atomic E-state index is 12.8. The third kappa shape index (κ3) is 4.38. The van der Waals surface area contributed by atoms with Crippen molar-refractivity contribution < 1.29 is 14.3 Å². The van der Waals surface area contributed by atoms with Gasteiger partial charge < -0.3 is 15.0 Å². The van der Waals surface area contributed by atoms with Crippen molar-refractivity contribution in [3.05, 3.63) is 64.7 Å². The number of benzene rings is 2. The number of hydrogen-bond donors (Lipinski definition) is 1. The van der Waals surface area contributed by atoms with Crippen LogP contribution in [-0.4, -0.2) is 49.4 Å². The van der Waals surface area contributed by atoms with Gasteiger partial charge in [-0.05, 0) is 18.2 Å². The van der Waals surface area contributed by atoms with Crippen LogP contribution in [0.2, 0.25) is 5.02 Å². The second-order valence-electron chi connectivity index (χ2n) is 5.73. The normalized spacial score (nSPS) is 14.2. The van der Waals surface area contributed by atoms with Gasteiger partial charge >= 0.3 is 0 Å². The highest BCUT2D eigenvalue weighted by Gasteiger charge is 2.18. The second-order valence-corrected chi connectivity index (χ2v) is 6.17. The van der Waals surface area contributed by atoms with E-state index in [0.717, 1.165) is 0 Å². The number of carbonyl (C=O) groups excluding carboxylic acids is 2. The monoisotopic (exact) mass is 358 g/mol. The van der Waals surface area contributed by atoms with E-state index in [2.05, 4.69) is 5.32 Å². The van der Waals surface area contributed by atoms with E-state index in [4.69, 9.17) is 16.3 Å². The Morgan fingerprint density at radius 1 is 1.08 bits per heavy atom. The molecule has 2 aromatic rings. The van der Waals surface area contributed by atoms with Crippen LogP contribution in [0.15, 0.2) is 48.5 Å². The number of morpholine rings is 1. The Labute approximate surface area is 151 Å². The molecule has 0 radical (unpaired) electrons. The van der Waals surface area contributed by atoms with Gasteiger partial charge in [-0.15, -0.1) is 0 Å². The van der Waals surface area contributed by atoms with E-state index in [0.29, 0.717) is 48.1 Å². The molecule has 130 valence electrons. The number of ketones is 1. The minimum Gasteiger partial charge on any atom is -0.378 e. The Balaban J connectivity index is 1.75. The summed E-state index contributed by atoms with van der Waals surface area (Å²) in [5, 5.41) is 3.55. The number of anilines is 1. The Morgan fingerprint density at radius 3 is 2.52 bits per heavy atom. The molecule has 5 nitrogen and oxygen atoms in total. The lowest BCUT2D eigenvalue weighted by molar-refractivity contribution is -0.133. The van der Waals surface area contributed by atoms with Crippen molar-refractivity contribution in [3.63, 3.8) is 0 Å². The SMILES string of the molecule is O=C(c1ccccc1)c1cc(Cl)ccc1NCC(=O)N1CCOCC1. The summed E-state index contributed by atoms with van der Waals surface area (Å²) in [5.41, 5.74) is 1.63. The van der Waals surface area contributed by atoms with Crippen molar-refractivity contribution in [3.8, 4) is 0 Å². The van der Waals surface area contributed by atoms with Gasteiger partial charge in [0.05, 0.1) is 19.8 Å². The molecular formula is C19H19ClN2O3. The third-order valence-corrected chi connectivity index (χ3v) is 4.29. The molecule has 1 aliphatic rings. The molecule has 0 unspecified atom stereocenters. The van der Waals surface area contributed by atoms with E-state index in [-0.39, 0.29) is 18.2 Å². The summed E-state index contributed by atoms with van der Waals surface area (Å²) in [4.78, 5) is 26.8. The van der Waals surface area contributed by atoms with Crippen molar-refractivity contribution in [2.24, 2.45) is 0 Å². The fourth-order valence-electron chi connectivity index (χ4n) is 2.70. The number of hydrogen-bond acceptors (Lipinski definition) is 4. The number of halogens is 1. The average molecular weight is 359 g/mol. The van der Waals surface area contributed by atoms with Crippen LogP contribution in [0.1, 0.15) is 15.9 Å². The second kappa shape index (κ2) is 8.14. The molecule has 1 amide bonds. The van der Waals surface area contributed by atoms with E-state index in [1.165, 1.54) is 0 Å². The number of nitrogens with one attached hydrogen (secondary N) is 1. The lowest BCUT2D eigenvalue weighted by atomic mass is 10.0. The zero-order valence-electron chi connectivity index (χ0n) is 13.7. The number of amides is 1. The van der Waals surface area contributed by atoms with Crippen LogP contribution in [-0.2, 0) is 9.53 Å². The van der Waals surface area contributed by atoms with Gasteiger partial charge in [0.25, 0.3) is 0 Å². The van der Waals surface area contributed by atoms with Gasteiger partial charge in [0.15, 0.2) is 5.78 Å². The summed E-state index contributed by atoms with van der Waals surface area (Å²) >= 11 is 6.06. The molecule has 6 heteroatoms. The molecule has 0 saturated carbocycles. The summed E-state index contributed by atoms with van der Waals surface area (Å²) in [6.45, 7) is 2.43. The van der Waals surface area contributed by atoms with Crippen LogP contribution >= 0.6 is 11.6 Å². The lowest BCUT2D eigenvalue weighted by Crippen LogP contribution is -2.43. The van der Waals surface area contributed by atoms with Crippen molar-refractivity contribution in [2.75, 3.05) is 38.2 Å². The van der Waals surface area contributed by atoms with Crippen molar-refractivity contribution in [1.29, 1.82) is 0 Å². The van der Waals surface area contributed by atoms with Crippen molar-refractivity contribution in [1.82, 2.24) is 4.90 Å². The topological polar surface area (TPSA) is 58.6 Å². The number of rotatable bonds is 5. The number of ether oxygens (including phenoxy) is 1. The molecule has 1 aliphatic heterocycles. The fourth-order valence-corrected chi connectivity index (χ4v) is 2.87. The average Bonchev–Trinajstić information content (AvgIpc) is 2.67. The van der Waals surface area contributed by atoms with E-state index in [1.54, 1.807) is 35.2 Å². The van der Waals surface area contributed by atoms with E-state index in [9.17, 15) is 9.59 Å². The molecule has 0 atom stereocenters. The van der Waals surface area contributed by atoms with Crippen LogP contribution in [0.25, 0.3) is 0 Å². The molecule has 3 rings (SSSR count). The van der Waals surface area contributed by atoms with Gasteiger partial charge in [0.1, 0.15) is 0 Å². The molecule has 0 aliphatic carbocycles. The van der Waals surface area contributed by atoms with Crippen molar-refractivity contribution >= 4 is 29.0 Å². The number of nitrogens with zero attached hydrogens (tertiary/aromatic N) is 1. The minimum atomic E-state index is -0.135. The third-order valence-electron chi connectivity index (χ3n) is 4.06. The van der Waals surface area contributed by atoms with Gasteiger partial charge in [0.2, 0.25) is 5.91 Å². The summed E-state index contributed by atoms with van der Waals surface area (Å²) in [7, 11) is 0. The predicted molar refractivity (Wildman–Crippen MR) is 97.2 cm³/mol. The largest absolute Gasteiger partial charge is 0.378 e.